The van der Waals surface area contributed by atoms with Gasteiger partial charge in [0, 0.05) is 25.4 Å². The minimum atomic E-state index is -0.511. The van der Waals surface area contributed by atoms with Gasteiger partial charge in [-0.25, -0.2) is 0 Å². The number of carbonyl (C=O) groups is 1. The molecular weight excluding hydrogens is 302 g/mol. The fraction of sp³-hybridized carbons (Fsp3) is 0.316. The number of likely N-dealkylation sites (tertiary alicyclic amines) is 1. The quantitative estimate of drug-likeness (QED) is 0.873. The Morgan fingerprint density at radius 3 is 2.71 bits per heavy atom. The molecule has 122 valence electrons. The third kappa shape index (κ3) is 2.77. The number of hydrogen-bond acceptors (Lipinski definition) is 4. The summed E-state index contributed by atoms with van der Waals surface area (Å²) in [6, 6.07) is 14.0. The van der Waals surface area contributed by atoms with Gasteiger partial charge in [0.05, 0.1) is 11.8 Å². The Bertz CT molecular complexity index is 746. The Morgan fingerprint density at radius 2 is 1.92 bits per heavy atom. The molecule has 2 aliphatic heterocycles. The molecule has 5 heteroatoms. The Hall–Kier alpha value is -2.69. The van der Waals surface area contributed by atoms with Gasteiger partial charge in [0.2, 0.25) is 6.10 Å². The average molecular weight is 321 g/mol. The SMILES string of the molecule is O=C(C1CC(c2ccccc2)=NO1)N1CCCC1c1ccncc1. The van der Waals surface area contributed by atoms with Crippen molar-refractivity contribution in [2.24, 2.45) is 5.16 Å². The Morgan fingerprint density at radius 1 is 1.12 bits per heavy atom. The molecule has 0 radical (unpaired) electrons. The van der Waals surface area contributed by atoms with Crippen LogP contribution in [0.4, 0.5) is 0 Å². The van der Waals surface area contributed by atoms with E-state index in [2.05, 4.69) is 10.1 Å². The molecule has 1 aromatic heterocycles. The molecule has 1 aromatic carbocycles. The van der Waals surface area contributed by atoms with E-state index in [1.165, 1.54) is 0 Å². The van der Waals surface area contributed by atoms with Crippen LogP contribution in [0.2, 0.25) is 0 Å². The van der Waals surface area contributed by atoms with Crippen LogP contribution in [0.5, 0.6) is 0 Å². The molecule has 4 rings (SSSR count). The molecule has 1 fully saturated rings. The highest BCUT2D eigenvalue weighted by atomic mass is 16.6. The van der Waals surface area contributed by atoms with Crippen LogP contribution in [0.1, 0.15) is 36.4 Å². The van der Waals surface area contributed by atoms with Crippen LogP contribution in [0, 0.1) is 0 Å². The third-order valence-electron chi connectivity index (χ3n) is 4.68. The van der Waals surface area contributed by atoms with Crippen molar-refractivity contribution in [1.29, 1.82) is 0 Å². The van der Waals surface area contributed by atoms with E-state index in [1.807, 2.05) is 47.4 Å². The molecule has 0 spiro atoms. The predicted octanol–water partition coefficient (Wildman–Crippen LogP) is 2.94. The zero-order valence-electron chi connectivity index (χ0n) is 13.3. The number of aromatic nitrogens is 1. The molecule has 1 saturated heterocycles. The molecule has 2 aromatic rings. The van der Waals surface area contributed by atoms with E-state index in [0.717, 1.165) is 36.2 Å². The molecule has 0 aliphatic carbocycles. The zero-order chi connectivity index (χ0) is 16.4. The minimum Gasteiger partial charge on any atom is -0.382 e. The molecule has 5 nitrogen and oxygen atoms in total. The van der Waals surface area contributed by atoms with Crippen LogP contribution < -0.4 is 0 Å². The first-order chi connectivity index (χ1) is 11.8. The van der Waals surface area contributed by atoms with E-state index in [-0.39, 0.29) is 11.9 Å². The molecule has 2 aliphatic rings. The van der Waals surface area contributed by atoms with Crippen LogP contribution in [0.3, 0.4) is 0 Å². The molecule has 2 atom stereocenters. The molecule has 0 bridgehead atoms. The third-order valence-corrected chi connectivity index (χ3v) is 4.68. The lowest BCUT2D eigenvalue weighted by atomic mass is 10.0. The van der Waals surface area contributed by atoms with Gasteiger partial charge in [-0.2, -0.15) is 0 Å². The molecule has 2 unspecified atom stereocenters. The maximum Gasteiger partial charge on any atom is 0.267 e. The van der Waals surface area contributed by atoms with Crippen LogP contribution in [-0.4, -0.2) is 34.2 Å². The van der Waals surface area contributed by atoms with Crippen molar-refractivity contribution in [2.75, 3.05) is 6.54 Å². The van der Waals surface area contributed by atoms with Gasteiger partial charge in [-0.15, -0.1) is 0 Å². The van der Waals surface area contributed by atoms with Crippen molar-refractivity contribution >= 4 is 11.6 Å². The maximum atomic E-state index is 12.9. The lowest BCUT2D eigenvalue weighted by molar-refractivity contribution is -0.143. The molecule has 0 N–H and O–H groups in total. The number of benzene rings is 1. The summed E-state index contributed by atoms with van der Waals surface area (Å²) in [6.45, 7) is 0.770. The summed E-state index contributed by atoms with van der Waals surface area (Å²) in [5.41, 5.74) is 2.99. The second kappa shape index (κ2) is 6.43. The largest absolute Gasteiger partial charge is 0.382 e. The lowest BCUT2D eigenvalue weighted by Gasteiger charge is -2.26. The van der Waals surface area contributed by atoms with Gasteiger partial charge in [-0.05, 0) is 36.1 Å². The lowest BCUT2D eigenvalue weighted by Crippen LogP contribution is -2.38. The number of amides is 1. The van der Waals surface area contributed by atoms with Gasteiger partial charge in [-0.3, -0.25) is 9.78 Å². The Balaban J connectivity index is 1.47. The summed E-state index contributed by atoms with van der Waals surface area (Å²) in [5, 5.41) is 4.14. The normalized spacial score (nSPS) is 23.0. The van der Waals surface area contributed by atoms with Crippen molar-refractivity contribution in [2.45, 2.75) is 31.4 Å². The topological polar surface area (TPSA) is 54.8 Å². The van der Waals surface area contributed by atoms with Crippen LogP contribution >= 0.6 is 0 Å². The molecule has 24 heavy (non-hydrogen) atoms. The van der Waals surface area contributed by atoms with E-state index in [1.54, 1.807) is 12.4 Å². The fourth-order valence-electron chi connectivity index (χ4n) is 3.46. The van der Waals surface area contributed by atoms with Crippen LogP contribution in [-0.2, 0) is 9.63 Å². The number of pyridine rings is 1. The van der Waals surface area contributed by atoms with Crippen LogP contribution in [0.15, 0.2) is 60.0 Å². The summed E-state index contributed by atoms with van der Waals surface area (Å²) in [6.07, 6.45) is 5.57. The summed E-state index contributed by atoms with van der Waals surface area (Å²) in [4.78, 5) is 24.4. The second-order valence-electron chi connectivity index (χ2n) is 6.17. The highest BCUT2D eigenvalue weighted by Crippen LogP contribution is 2.33. The summed E-state index contributed by atoms with van der Waals surface area (Å²) < 4.78 is 0. The molecule has 3 heterocycles. The van der Waals surface area contributed by atoms with Gasteiger partial charge < -0.3 is 9.74 Å². The first-order valence-electron chi connectivity index (χ1n) is 8.31. The van der Waals surface area contributed by atoms with Crippen molar-refractivity contribution in [3.8, 4) is 0 Å². The first-order valence-corrected chi connectivity index (χ1v) is 8.31. The van der Waals surface area contributed by atoms with Gasteiger partial charge in [0.1, 0.15) is 0 Å². The van der Waals surface area contributed by atoms with Gasteiger partial charge in [0.25, 0.3) is 5.91 Å². The van der Waals surface area contributed by atoms with E-state index in [0.29, 0.717) is 6.42 Å². The van der Waals surface area contributed by atoms with Gasteiger partial charge in [-0.1, -0.05) is 35.5 Å². The van der Waals surface area contributed by atoms with Crippen molar-refractivity contribution in [1.82, 2.24) is 9.88 Å². The smallest absolute Gasteiger partial charge is 0.267 e. The van der Waals surface area contributed by atoms with Gasteiger partial charge >= 0.3 is 0 Å². The standard InChI is InChI=1S/C19H19N3O2/c23-19(18-13-16(21-24-18)14-5-2-1-3-6-14)22-12-4-7-17(22)15-8-10-20-11-9-15/h1-3,5-6,8-11,17-18H,4,7,12-13H2. The molecular formula is C19H19N3O2. The Labute approximate surface area is 141 Å². The Kier molecular flexibility index (Phi) is 3.99. The van der Waals surface area contributed by atoms with E-state index in [4.69, 9.17) is 4.84 Å². The minimum absolute atomic E-state index is 0.0315. The number of hydrogen-bond donors (Lipinski definition) is 0. The fourth-order valence-corrected chi connectivity index (χ4v) is 3.46. The van der Waals surface area contributed by atoms with Crippen molar-refractivity contribution < 1.29 is 9.63 Å². The monoisotopic (exact) mass is 321 g/mol. The first kappa shape index (κ1) is 14.9. The number of nitrogens with zero attached hydrogens (tertiary/aromatic N) is 3. The number of carbonyl (C=O) groups excluding carboxylic acids is 1. The second-order valence-corrected chi connectivity index (χ2v) is 6.17. The summed E-state index contributed by atoms with van der Waals surface area (Å²) in [7, 11) is 0. The highest BCUT2D eigenvalue weighted by Gasteiger charge is 2.38. The predicted molar refractivity (Wildman–Crippen MR) is 90.4 cm³/mol. The number of oxime groups is 1. The maximum absolute atomic E-state index is 12.9. The summed E-state index contributed by atoms with van der Waals surface area (Å²) >= 11 is 0. The highest BCUT2D eigenvalue weighted by molar-refractivity contribution is 6.04. The average Bonchev–Trinajstić information content (AvgIpc) is 3.32. The molecule has 1 amide bonds. The van der Waals surface area contributed by atoms with Gasteiger partial charge in [0.15, 0.2) is 0 Å². The van der Waals surface area contributed by atoms with E-state index in [9.17, 15) is 4.79 Å². The molecule has 0 saturated carbocycles. The van der Waals surface area contributed by atoms with Crippen molar-refractivity contribution in [3.63, 3.8) is 0 Å². The zero-order valence-corrected chi connectivity index (χ0v) is 13.3. The number of rotatable bonds is 3. The van der Waals surface area contributed by atoms with E-state index < -0.39 is 6.10 Å². The van der Waals surface area contributed by atoms with Crippen molar-refractivity contribution in [3.05, 3.63) is 66.0 Å². The van der Waals surface area contributed by atoms with Crippen LogP contribution in [0.25, 0.3) is 0 Å². The summed E-state index contributed by atoms with van der Waals surface area (Å²) in [5.74, 6) is 0.0315. The van der Waals surface area contributed by atoms with E-state index >= 15 is 0 Å².